The van der Waals surface area contributed by atoms with Crippen molar-refractivity contribution in [3.8, 4) is 5.75 Å². The predicted octanol–water partition coefficient (Wildman–Crippen LogP) is 2.04. The van der Waals surface area contributed by atoms with E-state index in [0.29, 0.717) is 30.5 Å². The van der Waals surface area contributed by atoms with Gasteiger partial charge in [0.2, 0.25) is 10.0 Å². The summed E-state index contributed by atoms with van der Waals surface area (Å²) in [7, 11) is -3.45. The van der Waals surface area contributed by atoms with Gasteiger partial charge in [0, 0.05) is 25.2 Å². The fraction of sp³-hybridized carbons (Fsp3) is 0.647. The Labute approximate surface area is 156 Å². The minimum atomic E-state index is -3.45. The van der Waals surface area contributed by atoms with Crippen molar-refractivity contribution in [2.45, 2.75) is 43.2 Å². The van der Waals surface area contributed by atoms with E-state index in [9.17, 15) is 8.42 Å². The summed E-state index contributed by atoms with van der Waals surface area (Å²) in [6, 6.07) is 6.92. The quantitative estimate of drug-likeness (QED) is 0.721. The lowest BCUT2D eigenvalue weighted by Gasteiger charge is -2.26. The number of hydrogen-bond acceptors (Lipinski definition) is 5. The first-order valence-corrected chi connectivity index (χ1v) is 10.1. The molecular weight excluding hydrogens is 364 g/mol. The lowest BCUT2D eigenvalue weighted by atomic mass is 10.1. The number of fused-ring (bicyclic) bond motifs is 2. The number of nitrogens with zero attached hydrogens (tertiary/aromatic N) is 1. The smallest absolute Gasteiger partial charge is 0.243 e. The molecule has 3 rings (SSSR count). The van der Waals surface area contributed by atoms with Gasteiger partial charge in [-0.1, -0.05) is 0 Å². The Morgan fingerprint density at radius 3 is 2.56 bits per heavy atom. The summed E-state index contributed by atoms with van der Waals surface area (Å²) in [5.41, 5.74) is 0. The second-order valence-corrected chi connectivity index (χ2v) is 8.07. The number of nitrogens with one attached hydrogen (secondary N) is 1. The first kappa shape index (κ1) is 20.5. The largest absolute Gasteiger partial charge is 0.491 e. The van der Waals surface area contributed by atoms with Crippen molar-refractivity contribution < 1.29 is 17.9 Å². The molecule has 142 valence electrons. The van der Waals surface area contributed by atoms with E-state index in [1.165, 1.54) is 0 Å². The van der Waals surface area contributed by atoms with E-state index >= 15 is 0 Å². The monoisotopic (exact) mass is 390 g/mol. The lowest BCUT2D eigenvalue weighted by molar-refractivity contribution is 0.110. The van der Waals surface area contributed by atoms with E-state index in [4.69, 9.17) is 9.47 Å². The van der Waals surface area contributed by atoms with Crippen molar-refractivity contribution in [3.63, 3.8) is 0 Å². The van der Waals surface area contributed by atoms with Crippen molar-refractivity contribution in [2.24, 2.45) is 0 Å². The highest BCUT2D eigenvalue weighted by Gasteiger charge is 2.42. The molecule has 0 spiro atoms. The lowest BCUT2D eigenvalue weighted by Crippen LogP contribution is -2.42. The van der Waals surface area contributed by atoms with E-state index < -0.39 is 10.0 Å². The molecular formula is C17H27ClN2O4S. The Morgan fingerprint density at radius 2 is 1.84 bits per heavy atom. The highest BCUT2D eigenvalue weighted by Crippen LogP contribution is 2.34. The van der Waals surface area contributed by atoms with Crippen LogP contribution in [0.15, 0.2) is 29.2 Å². The molecule has 0 radical (unpaired) electrons. The maximum Gasteiger partial charge on any atom is 0.243 e. The van der Waals surface area contributed by atoms with Crippen LogP contribution in [0.1, 0.15) is 26.2 Å². The second-order valence-electron chi connectivity index (χ2n) is 6.23. The minimum Gasteiger partial charge on any atom is -0.491 e. The van der Waals surface area contributed by atoms with Gasteiger partial charge in [-0.3, -0.25) is 0 Å². The van der Waals surface area contributed by atoms with Crippen LogP contribution in [0.25, 0.3) is 0 Å². The van der Waals surface area contributed by atoms with E-state index in [-0.39, 0.29) is 24.5 Å². The normalized spacial score (nSPS) is 23.7. The Balaban J connectivity index is 0.00000225. The van der Waals surface area contributed by atoms with Crippen molar-refractivity contribution >= 4 is 22.4 Å². The second kappa shape index (κ2) is 9.19. The summed E-state index contributed by atoms with van der Waals surface area (Å²) in [5.74, 6) is 0.661. The Morgan fingerprint density at radius 1 is 1.12 bits per heavy atom. The number of ether oxygens (including phenoxy) is 2. The molecule has 1 aromatic rings. The summed E-state index contributed by atoms with van der Waals surface area (Å²) >= 11 is 0. The molecule has 1 N–H and O–H groups in total. The zero-order valence-electron chi connectivity index (χ0n) is 14.5. The van der Waals surface area contributed by atoms with Crippen LogP contribution in [0, 0.1) is 0 Å². The molecule has 2 fully saturated rings. The molecule has 2 bridgehead atoms. The van der Waals surface area contributed by atoms with Crippen LogP contribution in [-0.2, 0) is 14.8 Å². The standard InChI is InChI=1S/C17H26N2O4S.ClH/c1-2-22-11-12-23-16-5-7-17(8-6-16)24(20,21)19-14-3-4-15(19)13-18-10-9-14;/h5-8,14-15,18H,2-4,9-13H2,1H3;1H. The molecule has 2 aliphatic rings. The van der Waals surface area contributed by atoms with Gasteiger partial charge in [-0.15, -0.1) is 12.4 Å². The predicted molar refractivity (Wildman–Crippen MR) is 99.0 cm³/mol. The third kappa shape index (κ3) is 4.65. The maximum atomic E-state index is 13.0. The summed E-state index contributed by atoms with van der Waals surface area (Å²) in [6.07, 6.45) is 2.79. The van der Waals surface area contributed by atoms with Crippen LogP contribution < -0.4 is 10.1 Å². The number of rotatable bonds is 7. The van der Waals surface area contributed by atoms with Crippen molar-refractivity contribution in [2.75, 3.05) is 32.9 Å². The van der Waals surface area contributed by atoms with Crippen molar-refractivity contribution in [1.29, 1.82) is 0 Å². The zero-order chi connectivity index (χ0) is 17.0. The molecule has 8 heteroatoms. The highest BCUT2D eigenvalue weighted by molar-refractivity contribution is 7.89. The number of hydrogen-bond donors (Lipinski definition) is 1. The van der Waals surface area contributed by atoms with Crippen LogP contribution in [0.4, 0.5) is 0 Å². The van der Waals surface area contributed by atoms with Gasteiger partial charge in [-0.05, 0) is 57.0 Å². The van der Waals surface area contributed by atoms with Gasteiger partial charge in [-0.25, -0.2) is 8.42 Å². The average Bonchev–Trinajstić information content (AvgIpc) is 2.86. The summed E-state index contributed by atoms with van der Waals surface area (Å²) < 4.78 is 38.6. The van der Waals surface area contributed by atoms with Gasteiger partial charge < -0.3 is 14.8 Å². The summed E-state index contributed by atoms with van der Waals surface area (Å²) in [4.78, 5) is 0.346. The molecule has 0 aliphatic carbocycles. The van der Waals surface area contributed by atoms with E-state index in [1.807, 2.05) is 6.92 Å². The molecule has 2 saturated heterocycles. The fourth-order valence-corrected chi connectivity index (χ4v) is 5.42. The van der Waals surface area contributed by atoms with E-state index in [0.717, 1.165) is 32.4 Å². The molecule has 25 heavy (non-hydrogen) atoms. The topological polar surface area (TPSA) is 67.9 Å². The molecule has 0 amide bonds. The average molecular weight is 391 g/mol. The molecule has 0 saturated carbocycles. The molecule has 2 unspecified atom stereocenters. The number of halogens is 1. The number of benzene rings is 1. The molecule has 2 atom stereocenters. The van der Waals surface area contributed by atoms with Gasteiger partial charge in [0.15, 0.2) is 0 Å². The van der Waals surface area contributed by atoms with Crippen molar-refractivity contribution in [1.82, 2.24) is 9.62 Å². The van der Waals surface area contributed by atoms with Gasteiger partial charge in [0.25, 0.3) is 0 Å². The first-order chi connectivity index (χ1) is 11.6. The molecule has 6 nitrogen and oxygen atoms in total. The SMILES string of the molecule is CCOCCOc1ccc(S(=O)(=O)N2C3CCNCC2CC3)cc1.Cl. The Kier molecular flexibility index (Phi) is 7.51. The highest BCUT2D eigenvalue weighted by atomic mass is 35.5. The van der Waals surface area contributed by atoms with Crippen LogP contribution in [0.2, 0.25) is 0 Å². The van der Waals surface area contributed by atoms with Crippen LogP contribution in [0.5, 0.6) is 5.75 Å². The third-order valence-electron chi connectivity index (χ3n) is 4.69. The first-order valence-electron chi connectivity index (χ1n) is 8.68. The Hall–Kier alpha value is -0.860. The van der Waals surface area contributed by atoms with Crippen LogP contribution >= 0.6 is 12.4 Å². The van der Waals surface area contributed by atoms with Crippen LogP contribution in [0.3, 0.4) is 0 Å². The maximum absolute atomic E-state index is 13.0. The van der Waals surface area contributed by atoms with Gasteiger partial charge in [0.1, 0.15) is 12.4 Å². The molecule has 0 aromatic heterocycles. The minimum absolute atomic E-state index is 0. The molecule has 1 aromatic carbocycles. The molecule has 2 aliphatic heterocycles. The van der Waals surface area contributed by atoms with E-state index in [2.05, 4.69) is 5.32 Å². The van der Waals surface area contributed by atoms with Crippen LogP contribution in [-0.4, -0.2) is 57.7 Å². The third-order valence-corrected chi connectivity index (χ3v) is 6.71. The van der Waals surface area contributed by atoms with Gasteiger partial charge in [0.05, 0.1) is 11.5 Å². The van der Waals surface area contributed by atoms with E-state index in [1.54, 1.807) is 28.6 Å². The molecule has 2 heterocycles. The number of sulfonamides is 1. The summed E-state index contributed by atoms with van der Waals surface area (Å²) in [5, 5.41) is 3.34. The van der Waals surface area contributed by atoms with Crippen molar-refractivity contribution in [3.05, 3.63) is 24.3 Å². The fourth-order valence-electron chi connectivity index (χ4n) is 3.52. The Bertz CT molecular complexity index is 625. The summed E-state index contributed by atoms with van der Waals surface area (Å²) in [6.45, 7) is 5.22. The van der Waals surface area contributed by atoms with Gasteiger partial charge >= 0.3 is 0 Å². The zero-order valence-corrected chi connectivity index (χ0v) is 16.2. The van der Waals surface area contributed by atoms with Gasteiger partial charge in [-0.2, -0.15) is 4.31 Å².